The molecule has 0 spiro atoms. The highest BCUT2D eigenvalue weighted by molar-refractivity contribution is 5.92. The Labute approximate surface area is 144 Å². The van der Waals surface area contributed by atoms with Crippen LogP contribution in [0.4, 0.5) is 0 Å². The number of ether oxygens (including phenoxy) is 1. The summed E-state index contributed by atoms with van der Waals surface area (Å²) in [7, 11) is 0. The number of rotatable bonds is 9. The monoisotopic (exact) mass is 326 g/mol. The fraction of sp³-hybridized carbons (Fsp3) is 0.350. The van der Waals surface area contributed by atoms with Crippen LogP contribution in [0.5, 0.6) is 5.75 Å². The standard InChI is InChI=1S/C20H26N2O2/c1-15(2)10-11-22-13-16-4-3-5-17(12-16)14-24-19-8-6-18(7-9-19)20(21)23/h3-9,12,15,22H,10-11,13-14H2,1-2H3,(H2,21,23). The zero-order valence-electron chi connectivity index (χ0n) is 14.4. The van der Waals surface area contributed by atoms with Crippen LogP contribution in [-0.2, 0) is 13.2 Å². The maximum Gasteiger partial charge on any atom is 0.248 e. The molecule has 0 saturated carbocycles. The lowest BCUT2D eigenvalue weighted by Crippen LogP contribution is -2.16. The quantitative estimate of drug-likeness (QED) is 0.693. The van der Waals surface area contributed by atoms with Gasteiger partial charge in [-0.05, 0) is 54.3 Å². The molecule has 0 saturated heterocycles. The van der Waals surface area contributed by atoms with Gasteiger partial charge in [0.25, 0.3) is 0 Å². The molecular formula is C20H26N2O2. The van der Waals surface area contributed by atoms with Crippen LogP contribution in [0.3, 0.4) is 0 Å². The van der Waals surface area contributed by atoms with E-state index < -0.39 is 5.91 Å². The van der Waals surface area contributed by atoms with Crippen LogP contribution < -0.4 is 15.8 Å². The molecule has 128 valence electrons. The van der Waals surface area contributed by atoms with Gasteiger partial charge in [-0.15, -0.1) is 0 Å². The fourth-order valence-electron chi connectivity index (χ4n) is 2.33. The third-order valence-electron chi connectivity index (χ3n) is 3.76. The van der Waals surface area contributed by atoms with E-state index >= 15 is 0 Å². The van der Waals surface area contributed by atoms with Crippen molar-refractivity contribution in [3.05, 3.63) is 65.2 Å². The van der Waals surface area contributed by atoms with Crippen molar-refractivity contribution in [2.24, 2.45) is 11.7 Å². The van der Waals surface area contributed by atoms with Crippen LogP contribution in [0.15, 0.2) is 48.5 Å². The van der Waals surface area contributed by atoms with E-state index in [4.69, 9.17) is 10.5 Å². The molecule has 1 amide bonds. The number of benzene rings is 2. The SMILES string of the molecule is CC(C)CCNCc1cccc(COc2ccc(C(N)=O)cc2)c1. The Morgan fingerprint density at radius 2 is 1.83 bits per heavy atom. The predicted octanol–water partition coefficient (Wildman–Crippen LogP) is 3.50. The van der Waals surface area contributed by atoms with Gasteiger partial charge in [0.1, 0.15) is 12.4 Å². The van der Waals surface area contributed by atoms with Crippen molar-refractivity contribution in [1.29, 1.82) is 0 Å². The fourth-order valence-corrected chi connectivity index (χ4v) is 2.33. The molecule has 0 aliphatic heterocycles. The predicted molar refractivity (Wildman–Crippen MR) is 96.9 cm³/mol. The molecular weight excluding hydrogens is 300 g/mol. The van der Waals surface area contributed by atoms with Crippen LogP contribution in [0.1, 0.15) is 41.8 Å². The Hall–Kier alpha value is -2.33. The Morgan fingerprint density at radius 1 is 1.12 bits per heavy atom. The number of amides is 1. The van der Waals surface area contributed by atoms with Gasteiger partial charge < -0.3 is 15.8 Å². The van der Waals surface area contributed by atoms with E-state index in [0.717, 1.165) is 30.3 Å². The molecule has 0 atom stereocenters. The second kappa shape index (κ2) is 9.08. The molecule has 0 radical (unpaired) electrons. The van der Waals surface area contributed by atoms with E-state index in [1.807, 2.05) is 6.07 Å². The van der Waals surface area contributed by atoms with Crippen molar-refractivity contribution < 1.29 is 9.53 Å². The second-order valence-electron chi connectivity index (χ2n) is 6.36. The lowest BCUT2D eigenvalue weighted by atomic mass is 10.1. The van der Waals surface area contributed by atoms with Crippen LogP contribution in [0.2, 0.25) is 0 Å². The average molecular weight is 326 g/mol. The summed E-state index contributed by atoms with van der Waals surface area (Å²) in [6.45, 7) is 6.86. The average Bonchev–Trinajstić information content (AvgIpc) is 2.57. The normalized spacial score (nSPS) is 10.8. The Kier molecular flexibility index (Phi) is 6.82. The molecule has 24 heavy (non-hydrogen) atoms. The van der Waals surface area contributed by atoms with Gasteiger partial charge in [-0.3, -0.25) is 4.79 Å². The highest BCUT2D eigenvalue weighted by Gasteiger charge is 2.02. The van der Waals surface area contributed by atoms with Gasteiger partial charge in [0.2, 0.25) is 5.91 Å². The summed E-state index contributed by atoms with van der Waals surface area (Å²) in [6, 6.07) is 15.2. The lowest BCUT2D eigenvalue weighted by molar-refractivity contribution is 0.1000. The van der Waals surface area contributed by atoms with Gasteiger partial charge in [0.05, 0.1) is 0 Å². The minimum Gasteiger partial charge on any atom is -0.489 e. The Morgan fingerprint density at radius 3 is 2.50 bits per heavy atom. The Bertz CT molecular complexity index is 651. The summed E-state index contributed by atoms with van der Waals surface area (Å²) < 4.78 is 5.77. The summed E-state index contributed by atoms with van der Waals surface area (Å²) in [6.07, 6.45) is 1.18. The van der Waals surface area contributed by atoms with E-state index in [-0.39, 0.29) is 0 Å². The van der Waals surface area contributed by atoms with Crippen LogP contribution in [0, 0.1) is 5.92 Å². The molecule has 0 aromatic heterocycles. The lowest BCUT2D eigenvalue weighted by Gasteiger charge is -2.10. The van der Waals surface area contributed by atoms with Crippen molar-refractivity contribution in [3.8, 4) is 5.75 Å². The van der Waals surface area contributed by atoms with Crippen LogP contribution in [0.25, 0.3) is 0 Å². The van der Waals surface area contributed by atoms with E-state index in [1.54, 1.807) is 24.3 Å². The molecule has 3 N–H and O–H groups in total. The molecule has 4 heteroatoms. The first-order valence-corrected chi connectivity index (χ1v) is 8.36. The highest BCUT2D eigenvalue weighted by atomic mass is 16.5. The van der Waals surface area contributed by atoms with E-state index in [1.165, 1.54) is 12.0 Å². The number of primary amides is 1. The van der Waals surface area contributed by atoms with E-state index in [9.17, 15) is 4.79 Å². The molecule has 0 bridgehead atoms. The molecule has 0 aliphatic rings. The molecule has 0 aliphatic carbocycles. The third-order valence-corrected chi connectivity index (χ3v) is 3.76. The largest absolute Gasteiger partial charge is 0.489 e. The maximum atomic E-state index is 11.0. The number of carbonyl (C=O) groups excluding carboxylic acids is 1. The van der Waals surface area contributed by atoms with Crippen molar-refractivity contribution in [2.75, 3.05) is 6.54 Å². The van der Waals surface area contributed by atoms with Crippen molar-refractivity contribution in [1.82, 2.24) is 5.32 Å². The number of hydrogen-bond acceptors (Lipinski definition) is 3. The van der Waals surface area contributed by atoms with Gasteiger partial charge in [-0.25, -0.2) is 0 Å². The minimum atomic E-state index is -0.431. The third kappa shape index (κ3) is 6.05. The molecule has 0 fully saturated rings. The second-order valence-corrected chi connectivity index (χ2v) is 6.36. The minimum absolute atomic E-state index is 0.431. The first-order chi connectivity index (χ1) is 11.5. The van der Waals surface area contributed by atoms with Crippen LogP contribution >= 0.6 is 0 Å². The van der Waals surface area contributed by atoms with E-state index in [2.05, 4.69) is 37.4 Å². The summed E-state index contributed by atoms with van der Waals surface area (Å²) in [5.41, 5.74) is 8.09. The van der Waals surface area contributed by atoms with Crippen molar-refractivity contribution in [2.45, 2.75) is 33.4 Å². The smallest absolute Gasteiger partial charge is 0.248 e. The van der Waals surface area contributed by atoms with E-state index in [0.29, 0.717) is 12.2 Å². The molecule has 2 aromatic rings. The van der Waals surface area contributed by atoms with Crippen molar-refractivity contribution >= 4 is 5.91 Å². The molecule has 4 nitrogen and oxygen atoms in total. The van der Waals surface area contributed by atoms with Gasteiger partial charge in [0, 0.05) is 12.1 Å². The highest BCUT2D eigenvalue weighted by Crippen LogP contribution is 2.15. The van der Waals surface area contributed by atoms with Gasteiger partial charge in [-0.1, -0.05) is 38.1 Å². The molecule has 0 unspecified atom stereocenters. The number of carbonyl (C=O) groups is 1. The molecule has 0 heterocycles. The Balaban J connectivity index is 1.84. The number of nitrogens with two attached hydrogens (primary N) is 1. The summed E-state index contributed by atoms with van der Waals surface area (Å²) in [5.74, 6) is 1.01. The first-order valence-electron chi connectivity index (χ1n) is 8.36. The van der Waals surface area contributed by atoms with Crippen LogP contribution in [-0.4, -0.2) is 12.5 Å². The number of hydrogen-bond donors (Lipinski definition) is 2. The maximum absolute atomic E-state index is 11.0. The first kappa shape index (κ1) is 18.0. The van der Waals surface area contributed by atoms with Gasteiger partial charge in [0.15, 0.2) is 0 Å². The van der Waals surface area contributed by atoms with Gasteiger partial charge in [-0.2, -0.15) is 0 Å². The molecule has 2 rings (SSSR count). The zero-order chi connectivity index (χ0) is 17.4. The summed E-state index contributed by atoms with van der Waals surface area (Å²) >= 11 is 0. The zero-order valence-corrected chi connectivity index (χ0v) is 14.4. The molecule has 2 aromatic carbocycles. The summed E-state index contributed by atoms with van der Waals surface area (Å²) in [5, 5.41) is 3.47. The van der Waals surface area contributed by atoms with Gasteiger partial charge >= 0.3 is 0 Å². The number of nitrogens with one attached hydrogen (secondary N) is 1. The summed E-state index contributed by atoms with van der Waals surface area (Å²) in [4.78, 5) is 11.0. The topological polar surface area (TPSA) is 64.3 Å². The van der Waals surface area contributed by atoms with Crippen molar-refractivity contribution in [3.63, 3.8) is 0 Å².